The lowest BCUT2D eigenvalue weighted by molar-refractivity contribution is -0.129. The molecule has 0 radical (unpaired) electrons. The fraction of sp³-hybridized carbons (Fsp3) is 0.286. The first kappa shape index (κ1) is 24.9. The average Bonchev–Trinajstić information content (AvgIpc) is 2.77. The molecule has 3 aromatic rings. The third kappa shape index (κ3) is 6.55. The van der Waals surface area contributed by atoms with E-state index in [0.717, 1.165) is 27.6 Å². The summed E-state index contributed by atoms with van der Waals surface area (Å²) in [4.78, 5) is 19.8. The van der Waals surface area contributed by atoms with E-state index in [0.29, 0.717) is 6.54 Å². The van der Waals surface area contributed by atoms with Crippen molar-refractivity contribution >= 4 is 22.3 Å². The first-order valence-electron chi connectivity index (χ1n) is 11.0. The summed E-state index contributed by atoms with van der Waals surface area (Å²) < 4.78 is 0. The van der Waals surface area contributed by atoms with Gasteiger partial charge in [0.15, 0.2) is 0 Å². The maximum atomic E-state index is 11.9. The minimum atomic E-state index is 0.0567. The molecular formula is C28H35N3O. The normalized spacial score (nSPS) is 10.9. The molecule has 4 heteroatoms. The SMILES string of the molecule is C=C/C(=C\N(C)CC(=O)N(C)C)c1ccc(-c2cncc3ccc(C)cc23)cc1.CCC. The average molecular weight is 430 g/mol. The number of carbonyl (C=O) groups excluding carboxylic acids is 1. The van der Waals surface area contributed by atoms with E-state index in [1.165, 1.54) is 17.4 Å². The van der Waals surface area contributed by atoms with Crippen molar-refractivity contribution in [2.75, 3.05) is 27.7 Å². The van der Waals surface area contributed by atoms with Gasteiger partial charge in [-0.25, -0.2) is 0 Å². The summed E-state index contributed by atoms with van der Waals surface area (Å²) in [6, 6.07) is 14.8. The summed E-state index contributed by atoms with van der Waals surface area (Å²) in [6.07, 6.45) is 8.83. The summed E-state index contributed by atoms with van der Waals surface area (Å²) >= 11 is 0. The Morgan fingerprint density at radius 1 is 1.03 bits per heavy atom. The van der Waals surface area contributed by atoms with Crippen LogP contribution in [0.5, 0.6) is 0 Å². The minimum Gasteiger partial charge on any atom is -0.371 e. The van der Waals surface area contributed by atoms with Gasteiger partial charge in [0, 0.05) is 50.7 Å². The molecule has 0 fully saturated rings. The van der Waals surface area contributed by atoms with Crippen molar-refractivity contribution in [1.29, 1.82) is 0 Å². The molecule has 0 aliphatic carbocycles. The van der Waals surface area contributed by atoms with Gasteiger partial charge in [-0.15, -0.1) is 0 Å². The van der Waals surface area contributed by atoms with Gasteiger partial charge < -0.3 is 9.80 Å². The monoisotopic (exact) mass is 429 g/mol. The number of pyridine rings is 1. The number of aromatic nitrogens is 1. The zero-order chi connectivity index (χ0) is 23.7. The Balaban J connectivity index is 0.00000114. The lowest BCUT2D eigenvalue weighted by Gasteiger charge is -2.18. The van der Waals surface area contributed by atoms with E-state index in [-0.39, 0.29) is 5.91 Å². The smallest absolute Gasteiger partial charge is 0.241 e. The van der Waals surface area contributed by atoms with Gasteiger partial charge >= 0.3 is 0 Å². The van der Waals surface area contributed by atoms with Crippen LogP contribution in [-0.4, -0.2) is 48.4 Å². The maximum Gasteiger partial charge on any atom is 0.241 e. The van der Waals surface area contributed by atoms with E-state index >= 15 is 0 Å². The van der Waals surface area contributed by atoms with Crippen LogP contribution in [0.4, 0.5) is 0 Å². The molecule has 0 atom stereocenters. The number of likely N-dealkylation sites (N-methyl/N-ethyl adjacent to an activating group) is 2. The van der Waals surface area contributed by atoms with Crippen LogP contribution in [0.15, 0.2) is 73.7 Å². The fourth-order valence-corrected chi connectivity index (χ4v) is 3.23. The van der Waals surface area contributed by atoms with Gasteiger partial charge in [0.1, 0.15) is 0 Å². The number of nitrogens with zero attached hydrogens (tertiary/aromatic N) is 3. The van der Waals surface area contributed by atoms with Crippen molar-refractivity contribution in [3.63, 3.8) is 0 Å². The molecule has 0 saturated carbocycles. The highest BCUT2D eigenvalue weighted by molar-refractivity contribution is 5.96. The lowest BCUT2D eigenvalue weighted by atomic mass is 9.97. The van der Waals surface area contributed by atoms with Crippen molar-refractivity contribution in [2.45, 2.75) is 27.2 Å². The van der Waals surface area contributed by atoms with Gasteiger partial charge in [0.05, 0.1) is 6.54 Å². The Bertz CT molecular complexity index is 1080. The van der Waals surface area contributed by atoms with Crippen LogP contribution in [0.2, 0.25) is 0 Å². The Morgan fingerprint density at radius 3 is 2.28 bits per heavy atom. The first-order valence-corrected chi connectivity index (χ1v) is 11.0. The molecule has 1 amide bonds. The molecule has 0 aliphatic heterocycles. The predicted molar refractivity (Wildman–Crippen MR) is 137 cm³/mol. The maximum absolute atomic E-state index is 11.9. The van der Waals surface area contributed by atoms with Crippen LogP contribution in [0.3, 0.4) is 0 Å². The van der Waals surface area contributed by atoms with Crippen LogP contribution >= 0.6 is 0 Å². The number of amides is 1. The Kier molecular flexibility index (Phi) is 9.21. The van der Waals surface area contributed by atoms with E-state index in [4.69, 9.17) is 0 Å². The van der Waals surface area contributed by atoms with Gasteiger partial charge in [-0.05, 0) is 29.0 Å². The molecule has 2 aromatic carbocycles. The second-order valence-electron chi connectivity index (χ2n) is 8.19. The van der Waals surface area contributed by atoms with Gasteiger partial charge in [-0.1, -0.05) is 81.0 Å². The molecule has 0 N–H and O–H groups in total. The molecule has 32 heavy (non-hydrogen) atoms. The molecule has 0 aliphatic rings. The number of allylic oxidation sites excluding steroid dienone is 2. The molecule has 3 rings (SSSR count). The topological polar surface area (TPSA) is 36.4 Å². The van der Waals surface area contributed by atoms with Crippen LogP contribution < -0.4 is 0 Å². The predicted octanol–water partition coefficient (Wildman–Crippen LogP) is 6.17. The van der Waals surface area contributed by atoms with E-state index in [1.807, 2.05) is 36.6 Å². The number of hydrogen-bond donors (Lipinski definition) is 0. The minimum absolute atomic E-state index is 0.0567. The van der Waals surface area contributed by atoms with Crippen molar-refractivity contribution in [2.24, 2.45) is 0 Å². The molecule has 1 heterocycles. The van der Waals surface area contributed by atoms with E-state index < -0.39 is 0 Å². The number of fused-ring (bicyclic) bond motifs is 1. The second-order valence-corrected chi connectivity index (χ2v) is 8.19. The summed E-state index contributed by atoms with van der Waals surface area (Å²) in [5.74, 6) is 0.0567. The molecule has 168 valence electrons. The number of rotatable bonds is 6. The van der Waals surface area contributed by atoms with Crippen LogP contribution in [0, 0.1) is 6.92 Å². The van der Waals surface area contributed by atoms with Crippen LogP contribution in [0.25, 0.3) is 27.5 Å². The molecular weight excluding hydrogens is 394 g/mol. The Hall–Kier alpha value is -3.40. The van der Waals surface area contributed by atoms with Crippen molar-refractivity contribution < 1.29 is 4.79 Å². The van der Waals surface area contributed by atoms with Gasteiger partial charge in [-0.2, -0.15) is 0 Å². The highest BCUT2D eigenvalue weighted by atomic mass is 16.2. The zero-order valence-electron chi connectivity index (χ0n) is 20.2. The van der Waals surface area contributed by atoms with Crippen molar-refractivity contribution in [1.82, 2.24) is 14.8 Å². The van der Waals surface area contributed by atoms with E-state index in [9.17, 15) is 4.79 Å². The third-order valence-electron chi connectivity index (χ3n) is 4.91. The largest absolute Gasteiger partial charge is 0.371 e. The van der Waals surface area contributed by atoms with Gasteiger partial charge in [0.25, 0.3) is 0 Å². The van der Waals surface area contributed by atoms with Crippen molar-refractivity contribution in [3.8, 4) is 11.1 Å². The number of hydrogen-bond acceptors (Lipinski definition) is 3. The number of benzene rings is 2. The molecule has 4 nitrogen and oxygen atoms in total. The Morgan fingerprint density at radius 2 is 1.69 bits per heavy atom. The van der Waals surface area contributed by atoms with E-state index in [2.05, 4.69) is 74.8 Å². The highest BCUT2D eigenvalue weighted by Gasteiger charge is 2.08. The standard InChI is InChI=1S/C25H27N3O.C3H8/c1-6-19(16-28(5)17-25(29)27(3)4)20-9-11-21(12-10-20)24-15-26-14-22-8-7-18(2)13-23(22)24;1-3-2/h6-16H,1,17H2,2-5H3;3H2,1-2H3/b19-16+;. The summed E-state index contributed by atoms with van der Waals surface area (Å²) in [5, 5.41) is 2.34. The number of carbonyl (C=O) groups is 1. The van der Waals surface area contributed by atoms with E-state index in [1.54, 1.807) is 19.0 Å². The van der Waals surface area contributed by atoms with Crippen LogP contribution in [0.1, 0.15) is 31.4 Å². The number of aryl methyl sites for hydroxylation is 1. The molecule has 0 unspecified atom stereocenters. The fourth-order valence-electron chi connectivity index (χ4n) is 3.23. The zero-order valence-corrected chi connectivity index (χ0v) is 20.2. The van der Waals surface area contributed by atoms with Gasteiger partial charge in [0.2, 0.25) is 5.91 Å². The summed E-state index contributed by atoms with van der Waals surface area (Å²) in [5.41, 5.74) is 5.50. The first-order chi connectivity index (χ1) is 15.3. The third-order valence-corrected chi connectivity index (χ3v) is 4.91. The van der Waals surface area contributed by atoms with Crippen LogP contribution in [-0.2, 0) is 4.79 Å². The molecule has 0 bridgehead atoms. The highest BCUT2D eigenvalue weighted by Crippen LogP contribution is 2.29. The summed E-state index contributed by atoms with van der Waals surface area (Å²) in [6.45, 7) is 10.6. The lowest BCUT2D eigenvalue weighted by Crippen LogP contribution is -2.31. The second kappa shape index (κ2) is 11.8. The molecule has 0 saturated heterocycles. The molecule has 1 aromatic heterocycles. The Labute approximate surface area is 192 Å². The van der Waals surface area contributed by atoms with Gasteiger partial charge in [-0.3, -0.25) is 9.78 Å². The summed E-state index contributed by atoms with van der Waals surface area (Å²) in [7, 11) is 5.41. The quantitative estimate of drug-likeness (QED) is 0.439. The van der Waals surface area contributed by atoms with Crippen molar-refractivity contribution in [3.05, 3.63) is 84.8 Å². The molecule has 0 spiro atoms.